The van der Waals surface area contributed by atoms with E-state index in [2.05, 4.69) is 5.32 Å². The van der Waals surface area contributed by atoms with E-state index < -0.39 is 10.0 Å². The first-order chi connectivity index (χ1) is 9.59. The van der Waals surface area contributed by atoms with E-state index in [1.807, 2.05) is 0 Å². The van der Waals surface area contributed by atoms with Crippen LogP contribution in [0.3, 0.4) is 0 Å². The van der Waals surface area contributed by atoms with E-state index in [1.54, 1.807) is 16.4 Å². The standard InChI is InChI=1S/C13H19ClN2O2S2/c14-12-6-7-13(19-12)20(17,18)16-9-2-1-5-11(16)10-4-3-8-15-10/h6-7,10-11,15H,1-5,8-9H2. The van der Waals surface area contributed by atoms with Gasteiger partial charge in [0.25, 0.3) is 10.0 Å². The summed E-state index contributed by atoms with van der Waals surface area (Å²) in [7, 11) is -3.40. The number of nitrogens with one attached hydrogen (secondary N) is 1. The molecule has 0 saturated carbocycles. The van der Waals surface area contributed by atoms with Crippen LogP contribution in [0.2, 0.25) is 4.34 Å². The van der Waals surface area contributed by atoms with Crippen LogP contribution in [0.15, 0.2) is 16.3 Å². The molecule has 2 aliphatic rings. The molecule has 4 nitrogen and oxygen atoms in total. The summed E-state index contributed by atoms with van der Waals surface area (Å²) in [5.74, 6) is 0. The minimum Gasteiger partial charge on any atom is -0.312 e. The van der Waals surface area contributed by atoms with Crippen molar-refractivity contribution in [1.29, 1.82) is 0 Å². The van der Waals surface area contributed by atoms with Gasteiger partial charge < -0.3 is 5.32 Å². The predicted molar refractivity (Wildman–Crippen MR) is 81.9 cm³/mol. The summed E-state index contributed by atoms with van der Waals surface area (Å²) in [6.45, 7) is 1.63. The summed E-state index contributed by atoms with van der Waals surface area (Å²) in [5.41, 5.74) is 0. The van der Waals surface area contributed by atoms with Gasteiger partial charge in [-0.25, -0.2) is 8.42 Å². The van der Waals surface area contributed by atoms with Gasteiger partial charge in [0.05, 0.1) is 4.34 Å². The minimum atomic E-state index is -3.40. The van der Waals surface area contributed by atoms with Gasteiger partial charge in [-0.15, -0.1) is 11.3 Å². The van der Waals surface area contributed by atoms with Gasteiger partial charge in [0, 0.05) is 18.6 Å². The number of nitrogens with zero attached hydrogens (tertiary/aromatic N) is 1. The van der Waals surface area contributed by atoms with E-state index in [0.717, 1.165) is 50.0 Å². The Bertz CT molecular complexity index is 567. The van der Waals surface area contributed by atoms with Crippen LogP contribution in [0.4, 0.5) is 0 Å². The van der Waals surface area contributed by atoms with E-state index in [0.29, 0.717) is 21.1 Å². The first kappa shape index (κ1) is 14.8. The Labute approximate surface area is 129 Å². The maximum atomic E-state index is 12.8. The molecule has 0 radical (unpaired) electrons. The van der Waals surface area contributed by atoms with Crippen LogP contribution >= 0.6 is 22.9 Å². The Morgan fingerprint density at radius 2 is 2.10 bits per heavy atom. The third kappa shape index (κ3) is 2.76. The maximum Gasteiger partial charge on any atom is 0.252 e. The zero-order valence-corrected chi connectivity index (χ0v) is 13.6. The summed E-state index contributed by atoms with van der Waals surface area (Å²) < 4.78 is 28.2. The van der Waals surface area contributed by atoms with Crippen molar-refractivity contribution in [3.63, 3.8) is 0 Å². The molecule has 2 unspecified atom stereocenters. The van der Waals surface area contributed by atoms with Crippen molar-refractivity contribution in [2.75, 3.05) is 13.1 Å². The lowest BCUT2D eigenvalue weighted by atomic mass is 9.97. The highest BCUT2D eigenvalue weighted by molar-refractivity contribution is 7.91. The van der Waals surface area contributed by atoms with Gasteiger partial charge in [0.1, 0.15) is 4.21 Å². The molecule has 1 N–H and O–H groups in total. The second-order valence-corrected chi connectivity index (χ2v) is 9.27. The fraction of sp³-hybridized carbons (Fsp3) is 0.692. The molecule has 20 heavy (non-hydrogen) atoms. The van der Waals surface area contributed by atoms with Gasteiger partial charge in [-0.3, -0.25) is 0 Å². The molecule has 7 heteroatoms. The second kappa shape index (κ2) is 5.93. The number of thiophene rings is 1. The molecule has 0 bridgehead atoms. The quantitative estimate of drug-likeness (QED) is 0.924. The molecular formula is C13H19ClN2O2S2. The van der Waals surface area contributed by atoms with Crippen LogP contribution in [-0.2, 0) is 10.0 Å². The number of rotatable bonds is 3. The van der Waals surface area contributed by atoms with Crippen LogP contribution in [0.5, 0.6) is 0 Å². The fourth-order valence-corrected chi connectivity index (χ4v) is 6.56. The summed E-state index contributed by atoms with van der Waals surface area (Å²) in [5, 5.41) is 3.46. The summed E-state index contributed by atoms with van der Waals surface area (Å²) >= 11 is 7.04. The third-order valence-electron chi connectivity index (χ3n) is 4.17. The molecule has 2 saturated heterocycles. The van der Waals surface area contributed by atoms with E-state index in [1.165, 1.54) is 0 Å². The van der Waals surface area contributed by atoms with Crippen LogP contribution in [-0.4, -0.2) is 37.9 Å². The SMILES string of the molecule is O=S(=O)(c1ccc(Cl)s1)N1CCCCC1C1CCCN1. The van der Waals surface area contributed by atoms with Gasteiger partial charge in [-0.1, -0.05) is 18.0 Å². The second-order valence-electron chi connectivity index (χ2n) is 5.44. The Hall–Kier alpha value is -0.140. The molecular weight excluding hydrogens is 316 g/mol. The monoisotopic (exact) mass is 334 g/mol. The average molecular weight is 335 g/mol. The zero-order chi connectivity index (χ0) is 14.2. The average Bonchev–Trinajstić information content (AvgIpc) is 3.10. The van der Waals surface area contributed by atoms with Crippen molar-refractivity contribution in [1.82, 2.24) is 9.62 Å². The first-order valence-corrected chi connectivity index (χ1v) is 9.73. The third-order valence-corrected chi connectivity index (χ3v) is 7.80. The molecule has 0 aliphatic carbocycles. The Kier molecular flexibility index (Phi) is 4.38. The molecule has 2 fully saturated rings. The topological polar surface area (TPSA) is 49.4 Å². The molecule has 0 amide bonds. The smallest absolute Gasteiger partial charge is 0.252 e. The lowest BCUT2D eigenvalue weighted by molar-refractivity contribution is 0.211. The Morgan fingerprint density at radius 1 is 1.25 bits per heavy atom. The highest BCUT2D eigenvalue weighted by Crippen LogP contribution is 2.33. The lowest BCUT2D eigenvalue weighted by Crippen LogP contribution is -2.52. The number of sulfonamides is 1. The highest BCUT2D eigenvalue weighted by atomic mass is 35.5. The minimum absolute atomic E-state index is 0.0946. The van der Waals surface area contributed by atoms with Gasteiger partial charge >= 0.3 is 0 Å². The van der Waals surface area contributed by atoms with Crippen molar-refractivity contribution in [2.45, 2.75) is 48.4 Å². The van der Waals surface area contributed by atoms with Gasteiger partial charge in [0.15, 0.2) is 0 Å². The van der Waals surface area contributed by atoms with Gasteiger partial charge in [-0.2, -0.15) is 4.31 Å². The normalized spacial score (nSPS) is 28.9. The molecule has 1 aromatic rings. The van der Waals surface area contributed by atoms with E-state index in [9.17, 15) is 8.42 Å². The number of hydrogen-bond acceptors (Lipinski definition) is 4. The molecule has 0 aromatic carbocycles. The Balaban J connectivity index is 1.88. The zero-order valence-electron chi connectivity index (χ0n) is 11.2. The predicted octanol–water partition coefficient (Wildman–Crippen LogP) is 2.70. The Morgan fingerprint density at radius 3 is 2.75 bits per heavy atom. The van der Waals surface area contributed by atoms with Crippen molar-refractivity contribution in [3.05, 3.63) is 16.5 Å². The van der Waals surface area contributed by atoms with Crippen molar-refractivity contribution in [2.24, 2.45) is 0 Å². The summed E-state index contributed by atoms with van der Waals surface area (Å²) in [4.78, 5) is 0. The molecule has 2 aliphatic heterocycles. The molecule has 2 atom stereocenters. The van der Waals surface area contributed by atoms with Crippen molar-refractivity contribution >= 4 is 33.0 Å². The van der Waals surface area contributed by atoms with Crippen LogP contribution in [0.1, 0.15) is 32.1 Å². The van der Waals surface area contributed by atoms with Gasteiger partial charge in [0.2, 0.25) is 0 Å². The summed E-state index contributed by atoms with van der Waals surface area (Å²) in [6, 6.07) is 3.68. The van der Waals surface area contributed by atoms with Gasteiger partial charge in [-0.05, 0) is 44.4 Å². The molecule has 112 valence electrons. The van der Waals surface area contributed by atoms with E-state index in [4.69, 9.17) is 11.6 Å². The van der Waals surface area contributed by atoms with Crippen molar-refractivity contribution < 1.29 is 8.42 Å². The van der Waals surface area contributed by atoms with Crippen molar-refractivity contribution in [3.8, 4) is 0 Å². The highest BCUT2D eigenvalue weighted by Gasteiger charge is 2.39. The first-order valence-electron chi connectivity index (χ1n) is 7.09. The number of piperidine rings is 1. The molecule has 3 rings (SSSR count). The summed E-state index contributed by atoms with van der Waals surface area (Å²) in [6.07, 6.45) is 5.22. The molecule has 3 heterocycles. The molecule has 1 aromatic heterocycles. The number of halogens is 1. The van der Waals surface area contributed by atoms with Crippen LogP contribution < -0.4 is 5.32 Å². The number of hydrogen-bond donors (Lipinski definition) is 1. The lowest BCUT2D eigenvalue weighted by Gasteiger charge is -2.37. The fourth-order valence-electron chi connectivity index (χ4n) is 3.22. The maximum absolute atomic E-state index is 12.8. The van der Waals surface area contributed by atoms with Crippen LogP contribution in [0, 0.1) is 0 Å². The van der Waals surface area contributed by atoms with E-state index >= 15 is 0 Å². The molecule has 0 spiro atoms. The van der Waals surface area contributed by atoms with E-state index in [-0.39, 0.29) is 6.04 Å². The largest absolute Gasteiger partial charge is 0.312 e. The van der Waals surface area contributed by atoms with Crippen LogP contribution in [0.25, 0.3) is 0 Å².